The second-order valence-electron chi connectivity index (χ2n) is 3.74. The first kappa shape index (κ1) is 12.8. The van der Waals surface area contributed by atoms with E-state index in [0.717, 1.165) is 11.3 Å². The average Bonchev–Trinajstić information content (AvgIpc) is 2.16. The highest BCUT2D eigenvalue weighted by molar-refractivity contribution is 7.89. The third-order valence-electron chi connectivity index (χ3n) is 2.13. The van der Waals surface area contributed by atoms with Crippen molar-refractivity contribution in [2.75, 3.05) is 23.3 Å². The SMILES string of the molecule is Cc1ccc(N)c(NCCCS(N)(=O)=O)c1. The molecule has 6 heteroatoms. The molecule has 0 atom stereocenters. The molecule has 16 heavy (non-hydrogen) atoms. The van der Waals surface area contributed by atoms with Gasteiger partial charge in [0.15, 0.2) is 0 Å². The number of rotatable bonds is 5. The number of benzene rings is 1. The van der Waals surface area contributed by atoms with E-state index in [1.54, 1.807) is 0 Å². The van der Waals surface area contributed by atoms with Crippen LogP contribution in [0.25, 0.3) is 0 Å². The fourth-order valence-corrected chi connectivity index (χ4v) is 1.87. The lowest BCUT2D eigenvalue weighted by molar-refractivity contribution is 0.596. The second kappa shape index (κ2) is 5.18. The van der Waals surface area contributed by atoms with Crippen LogP contribution in [0.3, 0.4) is 0 Å². The Kier molecular flexibility index (Phi) is 4.14. The predicted octanol–water partition coefficient (Wildman–Crippen LogP) is 0.668. The molecule has 0 aliphatic carbocycles. The molecule has 1 aromatic carbocycles. The monoisotopic (exact) mass is 243 g/mol. The summed E-state index contributed by atoms with van der Waals surface area (Å²) in [6.45, 7) is 2.50. The molecule has 0 amide bonds. The lowest BCUT2D eigenvalue weighted by Gasteiger charge is -2.09. The molecule has 90 valence electrons. The van der Waals surface area contributed by atoms with Gasteiger partial charge in [-0.3, -0.25) is 0 Å². The third kappa shape index (κ3) is 4.50. The van der Waals surface area contributed by atoms with Crippen molar-refractivity contribution in [3.05, 3.63) is 23.8 Å². The Hall–Kier alpha value is -1.27. The Bertz CT molecular complexity index is 457. The van der Waals surface area contributed by atoms with Gasteiger partial charge in [-0.25, -0.2) is 13.6 Å². The number of nitrogens with one attached hydrogen (secondary N) is 1. The number of anilines is 2. The maximum Gasteiger partial charge on any atom is 0.209 e. The van der Waals surface area contributed by atoms with Gasteiger partial charge in [-0.15, -0.1) is 0 Å². The topological polar surface area (TPSA) is 98.2 Å². The molecule has 0 aliphatic heterocycles. The first-order valence-corrected chi connectivity index (χ1v) is 6.70. The second-order valence-corrected chi connectivity index (χ2v) is 5.47. The van der Waals surface area contributed by atoms with E-state index in [1.807, 2.05) is 25.1 Å². The molecule has 0 unspecified atom stereocenters. The number of hydrogen-bond acceptors (Lipinski definition) is 4. The molecule has 0 fully saturated rings. The summed E-state index contributed by atoms with van der Waals surface area (Å²) >= 11 is 0. The van der Waals surface area contributed by atoms with Crippen molar-refractivity contribution in [3.63, 3.8) is 0 Å². The number of sulfonamides is 1. The van der Waals surface area contributed by atoms with Crippen LogP contribution in [0.1, 0.15) is 12.0 Å². The summed E-state index contributed by atoms with van der Waals surface area (Å²) in [5.41, 5.74) is 8.33. The number of aryl methyl sites for hydroxylation is 1. The Morgan fingerprint density at radius 3 is 2.69 bits per heavy atom. The van der Waals surface area contributed by atoms with Gasteiger partial charge in [-0.2, -0.15) is 0 Å². The van der Waals surface area contributed by atoms with Crippen LogP contribution in [-0.4, -0.2) is 20.7 Å². The van der Waals surface area contributed by atoms with Crippen LogP contribution in [0, 0.1) is 6.92 Å². The molecule has 0 radical (unpaired) electrons. The summed E-state index contributed by atoms with van der Waals surface area (Å²) in [5, 5.41) is 7.97. The molecule has 5 N–H and O–H groups in total. The van der Waals surface area contributed by atoms with Crippen molar-refractivity contribution in [2.24, 2.45) is 5.14 Å². The maximum absolute atomic E-state index is 10.7. The van der Waals surface area contributed by atoms with E-state index in [9.17, 15) is 8.42 Å². The molecule has 0 heterocycles. The smallest absolute Gasteiger partial charge is 0.209 e. The maximum atomic E-state index is 10.7. The summed E-state index contributed by atoms with van der Waals surface area (Å²) < 4.78 is 21.4. The number of nitrogen functional groups attached to an aromatic ring is 1. The lowest BCUT2D eigenvalue weighted by atomic mass is 10.2. The highest BCUT2D eigenvalue weighted by atomic mass is 32.2. The van der Waals surface area contributed by atoms with Crippen molar-refractivity contribution in [3.8, 4) is 0 Å². The Morgan fingerprint density at radius 1 is 1.38 bits per heavy atom. The average molecular weight is 243 g/mol. The molecule has 1 rings (SSSR count). The van der Waals surface area contributed by atoms with Crippen molar-refractivity contribution in [1.82, 2.24) is 0 Å². The summed E-state index contributed by atoms with van der Waals surface area (Å²) in [4.78, 5) is 0. The molecule has 5 nitrogen and oxygen atoms in total. The Balaban J connectivity index is 2.46. The normalized spacial score (nSPS) is 11.4. The Morgan fingerprint density at radius 2 is 2.06 bits per heavy atom. The van der Waals surface area contributed by atoms with Gasteiger partial charge in [0.05, 0.1) is 17.1 Å². The quantitative estimate of drug-likeness (QED) is 0.523. The summed E-state index contributed by atoms with van der Waals surface area (Å²) in [6, 6.07) is 5.66. The predicted molar refractivity (Wildman–Crippen MR) is 66.7 cm³/mol. The number of hydrogen-bond donors (Lipinski definition) is 3. The molecular weight excluding hydrogens is 226 g/mol. The molecule has 0 aromatic heterocycles. The fourth-order valence-electron chi connectivity index (χ4n) is 1.32. The minimum absolute atomic E-state index is 0.0221. The highest BCUT2D eigenvalue weighted by Crippen LogP contribution is 2.19. The van der Waals surface area contributed by atoms with E-state index in [4.69, 9.17) is 10.9 Å². The molecule has 0 saturated heterocycles. The lowest BCUT2D eigenvalue weighted by Crippen LogP contribution is -2.18. The Labute approximate surface area is 95.9 Å². The van der Waals surface area contributed by atoms with Crippen LogP contribution in [-0.2, 0) is 10.0 Å². The van der Waals surface area contributed by atoms with E-state index in [0.29, 0.717) is 18.7 Å². The van der Waals surface area contributed by atoms with Crippen LogP contribution >= 0.6 is 0 Å². The third-order valence-corrected chi connectivity index (χ3v) is 2.99. The highest BCUT2D eigenvalue weighted by Gasteiger charge is 2.02. The van der Waals surface area contributed by atoms with Crippen LogP contribution in [0.15, 0.2) is 18.2 Å². The van der Waals surface area contributed by atoms with Crippen LogP contribution in [0.5, 0.6) is 0 Å². The van der Waals surface area contributed by atoms with E-state index >= 15 is 0 Å². The van der Waals surface area contributed by atoms with Crippen molar-refractivity contribution < 1.29 is 8.42 Å². The van der Waals surface area contributed by atoms with Gasteiger partial charge in [-0.05, 0) is 31.0 Å². The van der Waals surface area contributed by atoms with E-state index in [1.165, 1.54) is 0 Å². The zero-order chi connectivity index (χ0) is 12.2. The van der Waals surface area contributed by atoms with Gasteiger partial charge in [0.2, 0.25) is 10.0 Å². The van der Waals surface area contributed by atoms with E-state index in [-0.39, 0.29) is 5.75 Å². The molecule has 0 aliphatic rings. The minimum Gasteiger partial charge on any atom is -0.397 e. The molecule has 1 aromatic rings. The summed E-state index contributed by atoms with van der Waals surface area (Å²) in [6.07, 6.45) is 0.464. The van der Waals surface area contributed by atoms with Crippen LogP contribution in [0.4, 0.5) is 11.4 Å². The van der Waals surface area contributed by atoms with Gasteiger partial charge in [0.1, 0.15) is 0 Å². The van der Waals surface area contributed by atoms with Gasteiger partial charge < -0.3 is 11.1 Å². The first-order valence-electron chi connectivity index (χ1n) is 4.99. The van der Waals surface area contributed by atoms with Gasteiger partial charge in [-0.1, -0.05) is 6.07 Å². The largest absolute Gasteiger partial charge is 0.397 e. The first-order chi connectivity index (χ1) is 7.38. The number of nitrogens with two attached hydrogens (primary N) is 2. The molecular formula is C10H17N3O2S. The molecule has 0 bridgehead atoms. The molecule has 0 saturated carbocycles. The molecule has 0 spiro atoms. The zero-order valence-electron chi connectivity index (χ0n) is 9.23. The standard InChI is InChI=1S/C10H17N3O2S/c1-8-3-4-9(11)10(7-8)13-5-2-6-16(12,14)15/h3-4,7,13H,2,5-6,11H2,1H3,(H2,12,14,15). The zero-order valence-corrected chi connectivity index (χ0v) is 10.0. The van der Waals surface area contributed by atoms with Crippen LogP contribution in [0.2, 0.25) is 0 Å². The fraction of sp³-hybridized carbons (Fsp3) is 0.400. The van der Waals surface area contributed by atoms with E-state index < -0.39 is 10.0 Å². The summed E-state index contributed by atoms with van der Waals surface area (Å²) in [7, 11) is -3.37. The summed E-state index contributed by atoms with van der Waals surface area (Å²) in [5.74, 6) is -0.0221. The van der Waals surface area contributed by atoms with Gasteiger partial charge >= 0.3 is 0 Å². The van der Waals surface area contributed by atoms with Gasteiger partial charge in [0, 0.05) is 6.54 Å². The van der Waals surface area contributed by atoms with E-state index in [2.05, 4.69) is 5.32 Å². The van der Waals surface area contributed by atoms with Gasteiger partial charge in [0.25, 0.3) is 0 Å². The van der Waals surface area contributed by atoms with Crippen LogP contribution < -0.4 is 16.2 Å². The van der Waals surface area contributed by atoms with Crippen molar-refractivity contribution in [2.45, 2.75) is 13.3 Å². The number of primary sulfonamides is 1. The van der Waals surface area contributed by atoms with Crippen molar-refractivity contribution >= 4 is 21.4 Å². The minimum atomic E-state index is -3.37. The van der Waals surface area contributed by atoms with Crippen molar-refractivity contribution in [1.29, 1.82) is 0 Å².